The monoisotopic (exact) mass is 623 g/mol. The zero-order valence-electron chi connectivity index (χ0n) is 23.3. The second-order valence-corrected chi connectivity index (χ2v) is 12.3. The van der Waals surface area contributed by atoms with Crippen LogP contribution in [0.15, 0.2) is 18.5 Å². The normalized spacial score (nSPS) is 34.1. The number of carbonyl (C=O) groups is 1. The molecule has 0 amide bonds. The molecule has 3 aliphatic heterocycles. The number of aliphatic hydroxyl groups excluding tert-OH is 1. The van der Waals surface area contributed by atoms with Crippen molar-refractivity contribution in [1.29, 1.82) is 0 Å². The first-order valence-corrected chi connectivity index (χ1v) is 15.9. The van der Waals surface area contributed by atoms with E-state index in [1.54, 1.807) is 6.20 Å². The summed E-state index contributed by atoms with van der Waals surface area (Å²) < 4.78 is 74.1. The molecule has 41 heavy (non-hydrogen) atoms. The molecule has 2 N–H and O–H groups in total. The van der Waals surface area contributed by atoms with E-state index in [0.29, 0.717) is 25.7 Å². The van der Waals surface area contributed by atoms with Gasteiger partial charge in [-0.2, -0.15) is 0 Å². The maximum Gasteiger partial charge on any atom is 0.697 e. The Morgan fingerprint density at radius 2 is 1.44 bits per heavy atom. The number of nitrogens with one attached hydrogen (secondary N) is 1. The molecule has 16 heteroatoms. The molecule has 4 rings (SSSR count). The molecule has 230 valence electrons. The second kappa shape index (κ2) is 15.8. The average molecular weight is 624 g/mol. The van der Waals surface area contributed by atoms with Gasteiger partial charge in [0, 0.05) is 47.2 Å². The first-order valence-electron chi connectivity index (χ1n) is 13.8. The van der Waals surface area contributed by atoms with Gasteiger partial charge in [-0.05, 0) is 32.4 Å². The molecule has 3 saturated heterocycles. The number of hydrogen-bond acceptors (Lipinski definition) is 13. The summed E-state index contributed by atoms with van der Waals surface area (Å²) in [5.74, 6) is 0. The SMILES string of the molecule is CC1CC(O)C(CO[P+](=O)OC2CC(C)OC2CO[P+](=O)OC2CC(C)OC2COC(=O)OCCc2cc[nH]c2)O1. The lowest BCUT2D eigenvalue weighted by atomic mass is 10.1. The van der Waals surface area contributed by atoms with Gasteiger partial charge in [-0.3, -0.25) is 0 Å². The molecule has 0 aliphatic carbocycles. The van der Waals surface area contributed by atoms with E-state index in [-0.39, 0.29) is 44.7 Å². The van der Waals surface area contributed by atoms with E-state index in [1.807, 2.05) is 33.0 Å². The zero-order chi connectivity index (χ0) is 29.4. The van der Waals surface area contributed by atoms with Crippen LogP contribution < -0.4 is 0 Å². The number of aliphatic hydroxyl groups is 1. The summed E-state index contributed by atoms with van der Waals surface area (Å²) in [5.41, 5.74) is 1.00. The summed E-state index contributed by atoms with van der Waals surface area (Å²) in [6, 6.07) is 1.89. The number of aromatic amines is 1. The highest BCUT2D eigenvalue weighted by molar-refractivity contribution is 7.33. The van der Waals surface area contributed by atoms with Crippen LogP contribution in [0.1, 0.15) is 45.6 Å². The number of hydrogen-bond donors (Lipinski definition) is 2. The highest BCUT2D eigenvalue weighted by Gasteiger charge is 2.46. The van der Waals surface area contributed by atoms with E-state index in [4.69, 9.17) is 41.8 Å². The van der Waals surface area contributed by atoms with Crippen molar-refractivity contribution in [2.45, 2.75) is 101 Å². The Labute approximate surface area is 240 Å². The first kappa shape index (κ1) is 32.3. The summed E-state index contributed by atoms with van der Waals surface area (Å²) in [7, 11) is -5.08. The van der Waals surface area contributed by atoms with Crippen molar-refractivity contribution in [3.63, 3.8) is 0 Å². The fraction of sp³-hybridized carbons (Fsp3) is 0.800. The predicted octanol–water partition coefficient (Wildman–Crippen LogP) is 3.72. The third-order valence-corrected chi connectivity index (χ3v) is 8.56. The van der Waals surface area contributed by atoms with Crippen LogP contribution in [0, 0.1) is 0 Å². The molecule has 0 radical (unpaired) electrons. The summed E-state index contributed by atoms with van der Waals surface area (Å²) in [5, 5.41) is 9.95. The van der Waals surface area contributed by atoms with Gasteiger partial charge in [0.2, 0.25) is 0 Å². The van der Waals surface area contributed by atoms with Gasteiger partial charge in [-0.15, -0.1) is 18.1 Å². The maximum absolute atomic E-state index is 12.6. The molecule has 14 nitrogen and oxygen atoms in total. The van der Waals surface area contributed by atoms with Crippen molar-refractivity contribution >= 4 is 22.7 Å². The van der Waals surface area contributed by atoms with Crippen LogP contribution in [0.5, 0.6) is 0 Å². The van der Waals surface area contributed by atoms with Gasteiger partial charge in [0.25, 0.3) is 0 Å². The number of aromatic nitrogens is 1. The van der Waals surface area contributed by atoms with Crippen molar-refractivity contribution in [3.8, 4) is 0 Å². The Morgan fingerprint density at radius 1 is 0.878 bits per heavy atom. The lowest BCUT2D eigenvalue weighted by Gasteiger charge is -2.14. The molecule has 3 aliphatic rings. The van der Waals surface area contributed by atoms with E-state index in [9.17, 15) is 19.0 Å². The molecule has 0 bridgehead atoms. The Morgan fingerprint density at radius 3 is 2.00 bits per heavy atom. The highest BCUT2D eigenvalue weighted by atomic mass is 31.1. The van der Waals surface area contributed by atoms with Crippen LogP contribution in [0.4, 0.5) is 4.79 Å². The Bertz CT molecular complexity index is 998. The molecule has 4 heterocycles. The summed E-state index contributed by atoms with van der Waals surface area (Å²) in [4.78, 5) is 14.9. The van der Waals surface area contributed by atoms with E-state index < -0.39 is 59.3 Å². The largest absolute Gasteiger partial charge is 0.697 e. The molecule has 0 spiro atoms. The smallest absolute Gasteiger partial charge is 0.434 e. The Balaban J connectivity index is 1.15. The molecule has 3 fully saturated rings. The van der Waals surface area contributed by atoms with Crippen molar-refractivity contribution in [2.24, 2.45) is 0 Å². The van der Waals surface area contributed by atoms with Gasteiger partial charge in [0.1, 0.15) is 50.3 Å². The minimum Gasteiger partial charge on any atom is -0.434 e. The van der Waals surface area contributed by atoms with Crippen LogP contribution in [0.3, 0.4) is 0 Å². The number of carbonyl (C=O) groups excluding carboxylic acids is 1. The maximum atomic E-state index is 12.6. The average Bonchev–Trinajstić information content (AvgIpc) is 3.69. The van der Waals surface area contributed by atoms with Crippen molar-refractivity contribution in [3.05, 3.63) is 24.0 Å². The number of ether oxygens (including phenoxy) is 5. The fourth-order valence-electron chi connectivity index (χ4n) is 4.95. The van der Waals surface area contributed by atoms with Crippen LogP contribution in [-0.2, 0) is 57.3 Å². The van der Waals surface area contributed by atoms with Crippen LogP contribution in [-0.4, -0.2) is 97.6 Å². The minimum atomic E-state index is -2.57. The van der Waals surface area contributed by atoms with E-state index in [2.05, 4.69) is 4.98 Å². The third-order valence-electron chi connectivity index (χ3n) is 6.95. The molecule has 0 aromatic carbocycles. The number of H-pyrrole nitrogens is 1. The van der Waals surface area contributed by atoms with Crippen molar-refractivity contribution < 1.29 is 60.8 Å². The van der Waals surface area contributed by atoms with Crippen molar-refractivity contribution in [2.75, 3.05) is 26.4 Å². The number of rotatable bonds is 15. The molecule has 1 aromatic rings. The first-order chi connectivity index (χ1) is 19.7. The minimum absolute atomic E-state index is 0.0667. The summed E-state index contributed by atoms with van der Waals surface area (Å²) >= 11 is 0. The standard InChI is InChI=1S/C25H39NO13P2/c1-15-8-19(27)22(35-15)13-33-40(29)39-21-10-17(3)37-24(21)14-34-41(30)38-20-9-16(2)36-23(20)12-32-25(28)31-7-5-18-4-6-26-11-18/h4,6,11,15-17,19-24,26-27H,5,7-10,12-14H2,1-3H3/q+2. The Hall–Kier alpha value is -1.57. The van der Waals surface area contributed by atoms with E-state index >= 15 is 0 Å². The van der Waals surface area contributed by atoms with Gasteiger partial charge >= 0.3 is 22.7 Å². The van der Waals surface area contributed by atoms with Crippen LogP contribution in [0.25, 0.3) is 0 Å². The molecule has 11 unspecified atom stereocenters. The lowest BCUT2D eigenvalue weighted by Crippen LogP contribution is -2.30. The predicted molar refractivity (Wildman–Crippen MR) is 142 cm³/mol. The molecule has 0 saturated carbocycles. The highest BCUT2D eigenvalue weighted by Crippen LogP contribution is 2.38. The zero-order valence-corrected chi connectivity index (χ0v) is 25.1. The van der Waals surface area contributed by atoms with Gasteiger partial charge in [-0.25, -0.2) is 4.79 Å². The lowest BCUT2D eigenvalue weighted by molar-refractivity contribution is -0.0367. The fourth-order valence-corrected chi connectivity index (χ4v) is 6.50. The molecular weight excluding hydrogens is 584 g/mol. The Kier molecular flexibility index (Phi) is 12.4. The third kappa shape index (κ3) is 10.3. The summed E-state index contributed by atoms with van der Waals surface area (Å²) in [6.45, 7) is 5.35. The molecule has 1 aromatic heterocycles. The van der Waals surface area contributed by atoms with Gasteiger partial charge in [-0.1, -0.05) is 0 Å². The quantitative estimate of drug-likeness (QED) is 0.214. The topological polar surface area (TPSA) is 170 Å². The van der Waals surface area contributed by atoms with Crippen molar-refractivity contribution in [1.82, 2.24) is 4.98 Å². The molecular formula is C25H39NO13P2+2. The van der Waals surface area contributed by atoms with Crippen LogP contribution >= 0.6 is 16.5 Å². The van der Waals surface area contributed by atoms with Gasteiger partial charge in [0.05, 0.1) is 31.0 Å². The second-order valence-electron chi connectivity index (χ2n) is 10.4. The van der Waals surface area contributed by atoms with Gasteiger partial charge < -0.3 is 33.8 Å². The molecule has 11 atom stereocenters. The van der Waals surface area contributed by atoms with E-state index in [0.717, 1.165) is 5.56 Å². The van der Waals surface area contributed by atoms with E-state index in [1.165, 1.54) is 0 Å². The summed E-state index contributed by atoms with van der Waals surface area (Å²) in [6.07, 6.45) is 0.377. The van der Waals surface area contributed by atoms with Crippen LogP contribution in [0.2, 0.25) is 0 Å². The van der Waals surface area contributed by atoms with Gasteiger partial charge in [0.15, 0.2) is 0 Å².